The smallest absolute Gasteiger partial charge is 0.463 e. The number of aliphatic hydroxyl groups is 2. The summed E-state index contributed by atoms with van der Waals surface area (Å²) in [6, 6.07) is 0. The molecule has 16 nitrogen and oxygen atoms in total. The van der Waals surface area contributed by atoms with Crippen LogP contribution in [0.1, 0.15) is 367 Å². The van der Waals surface area contributed by atoms with E-state index in [9.17, 15) is 43.5 Å². The Morgan fingerprint density at radius 1 is 0.235 bits per heavy atom. The van der Waals surface area contributed by atoms with Gasteiger partial charge in [0.05, 0.1) is 26.4 Å². The molecular weight excluding hydrogens is 1530 g/mol. The van der Waals surface area contributed by atoms with Crippen LogP contribution in [-0.4, -0.2) is 95.9 Å². The second-order valence-electron chi connectivity index (χ2n) is 30.7. The molecule has 0 saturated heterocycles. The number of esters is 3. The maximum atomic E-state index is 13.0. The molecule has 0 aromatic carbocycles. The average Bonchev–Trinajstić information content (AvgIpc) is 0.899. The Balaban J connectivity index is 4.52. The van der Waals surface area contributed by atoms with Crippen molar-refractivity contribution in [3.8, 4) is 0 Å². The monoisotopic (exact) mass is 1700 g/mol. The lowest BCUT2D eigenvalue weighted by Crippen LogP contribution is -2.30. The Morgan fingerprint density at radius 2 is 0.429 bits per heavy atom. The minimum atomic E-state index is -4.96. The first-order valence-corrected chi connectivity index (χ1v) is 49.7. The van der Waals surface area contributed by atoms with Crippen LogP contribution in [0.5, 0.6) is 0 Å². The summed E-state index contributed by atoms with van der Waals surface area (Å²) in [7, 11) is -9.83. The minimum Gasteiger partial charge on any atom is -0.463 e. The summed E-state index contributed by atoms with van der Waals surface area (Å²) < 4.78 is 61.4. The lowest BCUT2D eigenvalue weighted by molar-refractivity contribution is -0.161. The molecule has 0 heterocycles. The Kier molecular flexibility index (Phi) is 87.3. The Labute approximate surface area is 725 Å². The summed E-state index contributed by atoms with van der Waals surface area (Å²) >= 11 is 0. The third kappa shape index (κ3) is 92.9. The normalized spacial score (nSPS) is 14.6. The molecule has 0 amide bonds. The number of aliphatic hydroxyl groups excluding tert-OH is 2. The van der Waals surface area contributed by atoms with E-state index in [2.05, 4.69) is 203 Å². The van der Waals surface area contributed by atoms with E-state index in [1.807, 2.05) is 12.2 Å². The van der Waals surface area contributed by atoms with E-state index >= 15 is 0 Å². The molecule has 0 rings (SSSR count). The van der Waals surface area contributed by atoms with E-state index in [1.54, 1.807) is 0 Å². The molecule has 0 radical (unpaired) electrons. The molecule has 18 heteroatoms. The van der Waals surface area contributed by atoms with Crippen LogP contribution in [-0.2, 0) is 55.8 Å². The van der Waals surface area contributed by atoms with E-state index in [4.69, 9.17) is 32.3 Å². The van der Waals surface area contributed by atoms with E-state index < -0.39 is 91.5 Å². The average molecular weight is 1700 g/mol. The number of carbonyl (C=O) groups is 3. The van der Waals surface area contributed by atoms with Crippen LogP contribution in [0.15, 0.2) is 194 Å². The van der Waals surface area contributed by atoms with Crippen molar-refractivity contribution in [3.05, 3.63) is 194 Å². The van der Waals surface area contributed by atoms with Crippen molar-refractivity contribution in [2.45, 2.75) is 386 Å². The number of rotatable bonds is 87. The van der Waals surface area contributed by atoms with Gasteiger partial charge in [0.1, 0.15) is 25.4 Å². The molecule has 0 bridgehead atoms. The van der Waals surface area contributed by atoms with Crippen LogP contribution >= 0.6 is 15.6 Å². The van der Waals surface area contributed by atoms with Crippen LogP contribution in [0.4, 0.5) is 0 Å². The van der Waals surface area contributed by atoms with Gasteiger partial charge in [-0.15, -0.1) is 0 Å². The first-order chi connectivity index (χ1) is 58.2. The second-order valence-corrected chi connectivity index (χ2v) is 33.6. The number of phosphoric ester groups is 2. The molecule has 119 heavy (non-hydrogen) atoms. The molecule has 678 valence electrons. The molecule has 4 N–H and O–H groups in total. The van der Waals surface area contributed by atoms with E-state index in [1.165, 1.54) is 148 Å². The molecule has 0 aromatic heterocycles. The molecule has 0 spiro atoms. The van der Waals surface area contributed by atoms with Crippen molar-refractivity contribution in [2.24, 2.45) is 0 Å². The first kappa shape index (κ1) is 113. The zero-order valence-electron chi connectivity index (χ0n) is 74.7. The van der Waals surface area contributed by atoms with E-state index in [0.29, 0.717) is 25.7 Å². The minimum absolute atomic E-state index is 0.0225. The molecular formula is C101H168O16P2. The largest absolute Gasteiger partial charge is 0.472 e. The zero-order chi connectivity index (χ0) is 86.5. The second kappa shape index (κ2) is 91.6. The highest BCUT2D eigenvalue weighted by atomic mass is 31.2. The van der Waals surface area contributed by atoms with Gasteiger partial charge in [0.25, 0.3) is 0 Å². The maximum Gasteiger partial charge on any atom is 0.472 e. The van der Waals surface area contributed by atoms with Crippen LogP contribution in [0.2, 0.25) is 0 Å². The van der Waals surface area contributed by atoms with Crippen LogP contribution in [0, 0.1) is 0 Å². The summed E-state index contributed by atoms with van der Waals surface area (Å²) in [6.07, 6.45) is 122. The van der Waals surface area contributed by atoms with Gasteiger partial charge in [-0.25, -0.2) is 9.13 Å². The van der Waals surface area contributed by atoms with Gasteiger partial charge in [0.2, 0.25) is 0 Å². The Hall–Kier alpha value is -5.61. The van der Waals surface area contributed by atoms with E-state index in [0.717, 1.165) is 154 Å². The van der Waals surface area contributed by atoms with Crippen LogP contribution in [0.3, 0.4) is 0 Å². The number of allylic oxidation sites excluding steroid dienone is 32. The number of phosphoric acid groups is 2. The van der Waals surface area contributed by atoms with Crippen molar-refractivity contribution in [1.82, 2.24) is 0 Å². The maximum absolute atomic E-state index is 13.0. The summed E-state index contributed by atoms with van der Waals surface area (Å²) in [5.74, 6) is -1.64. The number of carbonyl (C=O) groups excluding carboxylic acids is 3. The number of hydrogen-bond acceptors (Lipinski definition) is 14. The number of unbranched alkanes of at least 4 members (excludes halogenated alkanes) is 32. The van der Waals surface area contributed by atoms with Gasteiger partial charge in [-0.2, -0.15) is 0 Å². The third-order valence-corrected chi connectivity index (χ3v) is 21.2. The summed E-state index contributed by atoms with van der Waals surface area (Å²) in [5.41, 5.74) is 0. The fourth-order valence-corrected chi connectivity index (χ4v) is 13.9. The molecule has 0 aliphatic carbocycles. The highest BCUT2D eigenvalue weighted by Gasteiger charge is 2.29. The summed E-state index contributed by atoms with van der Waals surface area (Å²) in [4.78, 5) is 58.9. The molecule has 0 saturated carbocycles. The topological polar surface area (TPSA) is 231 Å². The van der Waals surface area contributed by atoms with Crippen molar-refractivity contribution >= 4 is 33.6 Å². The molecule has 5 atom stereocenters. The van der Waals surface area contributed by atoms with Gasteiger partial charge >= 0.3 is 33.6 Å². The summed E-state index contributed by atoms with van der Waals surface area (Å²) in [6.45, 7) is 2.30. The fraction of sp³-hybridized carbons (Fsp3) is 0.653. The van der Waals surface area contributed by atoms with Crippen LogP contribution < -0.4 is 0 Å². The van der Waals surface area contributed by atoms with Gasteiger partial charge in [0.15, 0.2) is 6.10 Å². The fourth-order valence-electron chi connectivity index (χ4n) is 12.3. The van der Waals surface area contributed by atoms with Gasteiger partial charge in [-0.3, -0.25) is 32.5 Å². The summed E-state index contributed by atoms with van der Waals surface area (Å²) in [5, 5.41) is 20.7. The Bertz CT molecular complexity index is 2940. The molecule has 0 aliphatic rings. The van der Waals surface area contributed by atoms with Gasteiger partial charge in [0, 0.05) is 19.3 Å². The van der Waals surface area contributed by atoms with Gasteiger partial charge in [-0.05, 0) is 154 Å². The standard InChI is InChI=1S/C101H168O16P2/c1-4-7-10-13-16-19-22-25-28-31-33-35-37-39-41-43-45-47-49-51-53-55-57-59-61-64-66-69-72-75-78-81-84-87-99(104)111-90-96(102)91-113-118(107,108)114-92-97(103)93-115-119(109,110)116-95-98(117-101(106)89-86-83-80-77-74-71-68-63-30-27-24-21-18-15-12-9-6-3)94-112-100(105)88-85-82-79-76-73-70-67-65-62-60-58-56-54-52-50-48-46-44-42-40-38-36-34-32-29-26-23-20-17-14-11-8-5-2/h7-12,16-21,25-30,33-36,39-42,45,47,68,71,77,80,96-98,102-103H,4-6,13-15,22-24,31-32,37-38,43-44,46,48-67,69-70,72-76,78-79,81-95H2,1-3H3,(H,107,108)(H,109,110)/b10-7-,11-8-,12-9-,19-16-,20-17-,21-18-,28-25-,29-26-,30-27-,35-33-,36-34-,41-39-,42-40-,47-45-,71-68-,80-77-. The number of ether oxygens (including phenoxy) is 3. The highest BCUT2D eigenvalue weighted by Crippen LogP contribution is 2.45. The lowest BCUT2D eigenvalue weighted by atomic mass is 10.0. The van der Waals surface area contributed by atoms with Gasteiger partial charge in [-0.1, -0.05) is 389 Å². The Morgan fingerprint density at radius 3 is 0.689 bits per heavy atom. The van der Waals surface area contributed by atoms with Crippen molar-refractivity contribution in [1.29, 1.82) is 0 Å². The van der Waals surface area contributed by atoms with Gasteiger partial charge < -0.3 is 34.2 Å². The predicted molar refractivity (Wildman–Crippen MR) is 500 cm³/mol. The molecule has 0 aliphatic heterocycles. The molecule has 0 aromatic rings. The van der Waals surface area contributed by atoms with Crippen molar-refractivity contribution in [3.63, 3.8) is 0 Å². The lowest BCUT2D eigenvalue weighted by Gasteiger charge is -2.21. The van der Waals surface area contributed by atoms with Crippen molar-refractivity contribution in [2.75, 3.05) is 39.6 Å². The third-order valence-electron chi connectivity index (χ3n) is 19.3. The highest BCUT2D eigenvalue weighted by molar-refractivity contribution is 7.47. The quantitative estimate of drug-likeness (QED) is 0.0146. The SMILES string of the molecule is CC/C=C\C/C=C\C/C=C\C/C=C\C/C=C\C/C=C\CCCCCCCCCCCCCCCCC(=O)OCC(O)COP(=O)(O)OCC(O)COP(=O)(O)OCC(COC(=O)CCCCCCCCCCCCCCCCCCC/C=C\C/C=C\C/C=C\C/C=C\C/C=C\CC)OC(=O)CCC/C=C\C/C=C\C/C=C\C/C=C\C/C=C\CC. The zero-order valence-corrected chi connectivity index (χ0v) is 76.5. The molecule has 5 unspecified atom stereocenters. The van der Waals surface area contributed by atoms with E-state index in [-0.39, 0.29) is 19.3 Å². The molecule has 0 fully saturated rings. The first-order valence-electron chi connectivity index (χ1n) is 46.7. The van der Waals surface area contributed by atoms with Crippen LogP contribution in [0.25, 0.3) is 0 Å². The number of hydrogen-bond donors (Lipinski definition) is 4. The predicted octanol–water partition coefficient (Wildman–Crippen LogP) is 29.0. The van der Waals surface area contributed by atoms with Crippen molar-refractivity contribution < 1.29 is 75.8 Å².